The Morgan fingerprint density at radius 1 is 1.05 bits per heavy atom. The van der Waals surface area contributed by atoms with Crippen LogP contribution in [0.3, 0.4) is 0 Å². The van der Waals surface area contributed by atoms with Crippen LogP contribution in [0.4, 0.5) is 5.69 Å². The smallest absolute Gasteiger partial charge is 0.241 e. The molecule has 3 rings (SSSR count). The van der Waals surface area contributed by atoms with Gasteiger partial charge in [-0.3, -0.25) is 9.69 Å². The van der Waals surface area contributed by atoms with Gasteiger partial charge in [0.15, 0.2) is 0 Å². The van der Waals surface area contributed by atoms with Gasteiger partial charge in [-0.1, -0.05) is 18.9 Å². The standard InChI is InChI=1S/C18H26N2O.ClH/c1-13-10-14(2)12-15(11-13)19-18(21)17-8-3-4-9-20(17)16-6-5-7-16;/h10-12,16-17H,3-9H2,1-2H3,(H,19,21);1H/t17-;/m0./s1. The average Bonchev–Trinajstić information content (AvgIpc) is 2.36. The largest absolute Gasteiger partial charge is 0.325 e. The van der Waals surface area contributed by atoms with E-state index in [9.17, 15) is 4.79 Å². The Kier molecular flexibility index (Phi) is 5.87. The Balaban J connectivity index is 0.00000176. The number of amides is 1. The molecule has 1 aliphatic carbocycles. The molecule has 0 radical (unpaired) electrons. The summed E-state index contributed by atoms with van der Waals surface area (Å²) in [7, 11) is 0. The van der Waals surface area contributed by atoms with Gasteiger partial charge in [0.1, 0.15) is 0 Å². The molecule has 0 aromatic heterocycles. The van der Waals surface area contributed by atoms with Crippen LogP contribution in [-0.2, 0) is 4.79 Å². The Morgan fingerprint density at radius 3 is 2.32 bits per heavy atom. The molecule has 1 aromatic carbocycles. The van der Waals surface area contributed by atoms with Crippen LogP contribution in [0.15, 0.2) is 18.2 Å². The van der Waals surface area contributed by atoms with E-state index in [1.54, 1.807) is 0 Å². The Hall–Kier alpha value is -1.06. The predicted molar refractivity (Wildman–Crippen MR) is 93.8 cm³/mol. The third-order valence-electron chi connectivity index (χ3n) is 4.88. The van der Waals surface area contributed by atoms with Crippen molar-refractivity contribution in [2.24, 2.45) is 0 Å². The van der Waals surface area contributed by atoms with E-state index in [1.165, 1.54) is 43.2 Å². The number of benzene rings is 1. The highest BCUT2D eigenvalue weighted by atomic mass is 35.5. The van der Waals surface area contributed by atoms with Crippen molar-refractivity contribution in [3.05, 3.63) is 29.3 Å². The lowest BCUT2D eigenvalue weighted by Gasteiger charge is -2.44. The molecule has 2 aliphatic rings. The van der Waals surface area contributed by atoms with Crippen LogP contribution in [0.5, 0.6) is 0 Å². The van der Waals surface area contributed by atoms with Crippen LogP contribution in [0.1, 0.15) is 49.7 Å². The van der Waals surface area contributed by atoms with E-state index >= 15 is 0 Å². The number of carbonyl (C=O) groups is 1. The van der Waals surface area contributed by atoms with Crippen LogP contribution >= 0.6 is 12.4 Å². The number of piperidine rings is 1. The quantitative estimate of drug-likeness (QED) is 0.909. The SMILES string of the molecule is Cc1cc(C)cc(NC(=O)[C@@H]2CCCCN2C2CCC2)c1.Cl. The molecule has 0 unspecified atom stereocenters. The second kappa shape index (κ2) is 7.47. The summed E-state index contributed by atoms with van der Waals surface area (Å²) in [6, 6.07) is 6.98. The molecule has 22 heavy (non-hydrogen) atoms. The van der Waals surface area contributed by atoms with Crippen molar-refractivity contribution in [2.45, 2.75) is 64.5 Å². The minimum absolute atomic E-state index is 0. The summed E-state index contributed by atoms with van der Waals surface area (Å²) in [6.07, 6.45) is 7.29. The van der Waals surface area contributed by atoms with Crippen LogP contribution in [0.2, 0.25) is 0 Å². The zero-order chi connectivity index (χ0) is 14.8. The van der Waals surface area contributed by atoms with Gasteiger partial charge in [0.25, 0.3) is 0 Å². The van der Waals surface area contributed by atoms with E-state index in [-0.39, 0.29) is 24.4 Å². The fourth-order valence-electron chi connectivity index (χ4n) is 3.66. The zero-order valence-electron chi connectivity index (χ0n) is 13.6. The molecule has 122 valence electrons. The number of hydrogen-bond acceptors (Lipinski definition) is 2. The highest BCUT2D eigenvalue weighted by molar-refractivity contribution is 5.95. The van der Waals surface area contributed by atoms with Crippen molar-refractivity contribution in [1.82, 2.24) is 4.90 Å². The number of nitrogens with one attached hydrogen (secondary N) is 1. The molecule has 2 fully saturated rings. The van der Waals surface area contributed by atoms with E-state index in [0.717, 1.165) is 18.7 Å². The summed E-state index contributed by atoms with van der Waals surface area (Å²) in [5, 5.41) is 3.15. The molecule has 1 aliphatic heterocycles. The van der Waals surface area contributed by atoms with E-state index in [1.807, 2.05) is 0 Å². The first-order valence-electron chi connectivity index (χ1n) is 8.28. The van der Waals surface area contributed by atoms with Gasteiger partial charge in [-0.15, -0.1) is 12.4 Å². The number of nitrogens with zero attached hydrogens (tertiary/aromatic N) is 1. The molecule has 3 nitrogen and oxygen atoms in total. The number of anilines is 1. The number of halogens is 1. The monoisotopic (exact) mass is 322 g/mol. The van der Waals surface area contributed by atoms with Crippen molar-refractivity contribution in [2.75, 3.05) is 11.9 Å². The van der Waals surface area contributed by atoms with Gasteiger partial charge >= 0.3 is 0 Å². The van der Waals surface area contributed by atoms with Gasteiger partial charge in [-0.05, 0) is 69.3 Å². The van der Waals surface area contributed by atoms with Gasteiger partial charge < -0.3 is 5.32 Å². The first-order chi connectivity index (χ1) is 10.1. The predicted octanol–water partition coefficient (Wildman–Crippen LogP) is 4.07. The molecule has 1 atom stereocenters. The fourth-order valence-corrected chi connectivity index (χ4v) is 3.66. The van der Waals surface area contributed by atoms with Crippen LogP contribution < -0.4 is 5.32 Å². The molecule has 1 aromatic rings. The van der Waals surface area contributed by atoms with E-state index in [2.05, 4.69) is 42.3 Å². The second-order valence-corrected chi connectivity index (χ2v) is 6.70. The number of aryl methyl sites for hydroxylation is 2. The summed E-state index contributed by atoms with van der Waals surface area (Å²) in [5.41, 5.74) is 3.34. The number of likely N-dealkylation sites (tertiary alicyclic amines) is 1. The maximum absolute atomic E-state index is 12.7. The fraction of sp³-hybridized carbons (Fsp3) is 0.611. The van der Waals surface area contributed by atoms with Crippen molar-refractivity contribution in [3.8, 4) is 0 Å². The van der Waals surface area contributed by atoms with Crippen molar-refractivity contribution >= 4 is 24.0 Å². The van der Waals surface area contributed by atoms with Gasteiger partial charge in [0.2, 0.25) is 5.91 Å². The molecular formula is C18H27ClN2O. The highest BCUT2D eigenvalue weighted by Gasteiger charge is 2.35. The molecule has 1 N–H and O–H groups in total. The molecule has 0 bridgehead atoms. The molecule has 1 heterocycles. The van der Waals surface area contributed by atoms with Gasteiger partial charge in [0.05, 0.1) is 6.04 Å². The van der Waals surface area contributed by atoms with E-state index in [4.69, 9.17) is 0 Å². The van der Waals surface area contributed by atoms with Gasteiger partial charge in [-0.2, -0.15) is 0 Å². The first kappa shape index (κ1) is 17.3. The van der Waals surface area contributed by atoms with Crippen molar-refractivity contribution in [1.29, 1.82) is 0 Å². The number of hydrogen-bond donors (Lipinski definition) is 1. The maximum atomic E-state index is 12.7. The average molecular weight is 323 g/mol. The summed E-state index contributed by atoms with van der Waals surface area (Å²) in [5.74, 6) is 0.187. The topological polar surface area (TPSA) is 32.3 Å². The lowest BCUT2D eigenvalue weighted by atomic mass is 9.87. The lowest BCUT2D eigenvalue weighted by molar-refractivity contribution is -0.124. The Labute approximate surface area is 139 Å². The van der Waals surface area contributed by atoms with E-state index < -0.39 is 0 Å². The minimum Gasteiger partial charge on any atom is -0.325 e. The van der Waals surface area contributed by atoms with Crippen LogP contribution in [0, 0.1) is 13.8 Å². The summed E-state index contributed by atoms with van der Waals surface area (Å²) in [4.78, 5) is 15.2. The number of carbonyl (C=O) groups excluding carboxylic acids is 1. The first-order valence-corrected chi connectivity index (χ1v) is 8.28. The molecule has 1 saturated heterocycles. The molecule has 4 heteroatoms. The van der Waals surface area contributed by atoms with Gasteiger partial charge in [0, 0.05) is 11.7 Å². The Morgan fingerprint density at radius 2 is 1.73 bits per heavy atom. The maximum Gasteiger partial charge on any atom is 0.241 e. The van der Waals surface area contributed by atoms with Crippen LogP contribution in [-0.4, -0.2) is 29.4 Å². The zero-order valence-corrected chi connectivity index (χ0v) is 14.4. The lowest BCUT2D eigenvalue weighted by Crippen LogP contribution is -2.53. The molecular weight excluding hydrogens is 296 g/mol. The second-order valence-electron chi connectivity index (χ2n) is 6.70. The summed E-state index contributed by atoms with van der Waals surface area (Å²) >= 11 is 0. The van der Waals surface area contributed by atoms with Gasteiger partial charge in [-0.25, -0.2) is 0 Å². The molecule has 1 saturated carbocycles. The Bertz CT molecular complexity index is 508. The third kappa shape index (κ3) is 3.82. The third-order valence-corrected chi connectivity index (χ3v) is 4.88. The van der Waals surface area contributed by atoms with E-state index in [0.29, 0.717) is 6.04 Å². The molecule has 0 spiro atoms. The molecule has 1 amide bonds. The van der Waals surface area contributed by atoms with Crippen LogP contribution in [0.25, 0.3) is 0 Å². The normalized spacial score (nSPS) is 22.5. The minimum atomic E-state index is 0. The highest BCUT2D eigenvalue weighted by Crippen LogP contribution is 2.31. The number of rotatable bonds is 3. The van der Waals surface area contributed by atoms with Crippen molar-refractivity contribution in [3.63, 3.8) is 0 Å². The van der Waals surface area contributed by atoms with Crippen molar-refractivity contribution < 1.29 is 4.79 Å². The summed E-state index contributed by atoms with van der Waals surface area (Å²) < 4.78 is 0. The summed E-state index contributed by atoms with van der Waals surface area (Å²) in [6.45, 7) is 5.24.